The molecule has 19 heavy (non-hydrogen) atoms. The number of nitrogens with one attached hydrogen (secondary N) is 1. The van der Waals surface area contributed by atoms with Gasteiger partial charge < -0.3 is 10.4 Å². The summed E-state index contributed by atoms with van der Waals surface area (Å²) >= 11 is 0. The minimum atomic E-state index is -0.821. The number of aryl methyl sites for hydroxylation is 2. The van der Waals surface area contributed by atoms with Gasteiger partial charge in [-0.15, -0.1) is 0 Å². The van der Waals surface area contributed by atoms with Crippen LogP contribution in [0.4, 0.5) is 5.82 Å². The van der Waals surface area contributed by atoms with Crippen molar-refractivity contribution >= 4 is 11.8 Å². The fourth-order valence-electron chi connectivity index (χ4n) is 2.06. The Kier molecular flexibility index (Phi) is 4.93. The lowest BCUT2D eigenvalue weighted by atomic mass is 9.97. The Morgan fingerprint density at radius 3 is 2.68 bits per heavy atom. The van der Waals surface area contributed by atoms with E-state index in [1.54, 1.807) is 18.7 Å². The van der Waals surface area contributed by atoms with Gasteiger partial charge in [0.05, 0.1) is 11.6 Å². The first-order chi connectivity index (χ1) is 8.86. The van der Waals surface area contributed by atoms with Gasteiger partial charge in [-0.2, -0.15) is 10.4 Å². The number of aromatic nitrogens is 2. The van der Waals surface area contributed by atoms with Gasteiger partial charge in [0.15, 0.2) is 0 Å². The highest BCUT2D eigenvalue weighted by atomic mass is 16.4. The van der Waals surface area contributed by atoms with E-state index in [0.717, 1.165) is 0 Å². The van der Waals surface area contributed by atoms with Gasteiger partial charge >= 0.3 is 5.97 Å². The van der Waals surface area contributed by atoms with Crippen molar-refractivity contribution in [3.8, 4) is 6.07 Å². The molecule has 0 amide bonds. The number of rotatable bonds is 6. The molecular weight excluding hydrogens is 244 g/mol. The minimum Gasteiger partial charge on any atom is -0.481 e. The lowest BCUT2D eigenvalue weighted by Gasteiger charge is -2.16. The van der Waals surface area contributed by atoms with Crippen LogP contribution in [-0.2, 0) is 11.8 Å². The Morgan fingerprint density at radius 1 is 1.58 bits per heavy atom. The van der Waals surface area contributed by atoms with Crippen molar-refractivity contribution in [3.05, 3.63) is 11.3 Å². The molecule has 0 aliphatic heterocycles. The van der Waals surface area contributed by atoms with E-state index in [4.69, 9.17) is 5.26 Å². The van der Waals surface area contributed by atoms with E-state index in [0.29, 0.717) is 36.0 Å². The zero-order valence-electron chi connectivity index (χ0n) is 11.8. The Balaban J connectivity index is 2.80. The minimum absolute atomic E-state index is 0.293. The number of nitriles is 1. The van der Waals surface area contributed by atoms with Crippen molar-refractivity contribution in [3.63, 3.8) is 0 Å². The maximum absolute atomic E-state index is 11.2. The molecule has 104 valence electrons. The Morgan fingerprint density at radius 2 is 2.21 bits per heavy atom. The Labute approximate surface area is 113 Å². The molecule has 0 aliphatic carbocycles. The van der Waals surface area contributed by atoms with Gasteiger partial charge in [0.1, 0.15) is 17.5 Å². The summed E-state index contributed by atoms with van der Waals surface area (Å²) in [6.45, 7) is 6.03. The third-order valence-electron chi connectivity index (χ3n) is 2.96. The van der Waals surface area contributed by atoms with E-state index in [9.17, 15) is 9.90 Å². The lowest BCUT2D eigenvalue weighted by Crippen LogP contribution is -2.25. The predicted octanol–water partition coefficient (Wildman–Crippen LogP) is 1.76. The molecule has 1 aromatic heterocycles. The normalized spacial score (nSPS) is 12.2. The molecule has 0 bridgehead atoms. The van der Waals surface area contributed by atoms with Gasteiger partial charge in [0, 0.05) is 13.6 Å². The number of carbonyl (C=O) groups is 1. The molecule has 6 nitrogen and oxygen atoms in total. The highest BCUT2D eigenvalue weighted by Gasteiger charge is 2.20. The quantitative estimate of drug-likeness (QED) is 0.817. The number of carboxylic acids is 1. The van der Waals surface area contributed by atoms with Gasteiger partial charge in [0.25, 0.3) is 0 Å². The van der Waals surface area contributed by atoms with Crippen LogP contribution in [-0.4, -0.2) is 27.4 Å². The molecule has 6 heteroatoms. The molecule has 1 unspecified atom stereocenters. The van der Waals surface area contributed by atoms with Crippen LogP contribution in [0.15, 0.2) is 0 Å². The van der Waals surface area contributed by atoms with Crippen LogP contribution in [0, 0.1) is 30.1 Å². The summed E-state index contributed by atoms with van der Waals surface area (Å²) in [4.78, 5) is 11.2. The number of anilines is 1. The first-order valence-electron chi connectivity index (χ1n) is 6.27. The van der Waals surface area contributed by atoms with E-state index in [1.807, 2.05) is 13.8 Å². The van der Waals surface area contributed by atoms with Gasteiger partial charge in [0.2, 0.25) is 0 Å². The highest BCUT2D eigenvalue weighted by molar-refractivity contribution is 5.71. The molecule has 0 aromatic carbocycles. The number of hydrogen-bond donors (Lipinski definition) is 2. The molecule has 0 saturated carbocycles. The van der Waals surface area contributed by atoms with Crippen molar-refractivity contribution in [2.24, 2.45) is 18.9 Å². The topological polar surface area (TPSA) is 90.9 Å². The molecule has 0 radical (unpaired) electrons. The first-order valence-corrected chi connectivity index (χ1v) is 6.27. The molecule has 1 rings (SSSR count). The van der Waals surface area contributed by atoms with Crippen molar-refractivity contribution in [1.29, 1.82) is 5.26 Å². The summed E-state index contributed by atoms with van der Waals surface area (Å²) in [7, 11) is 1.73. The zero-order chi connectivity index (χ0) is 14.6. The fraction of sp³-hybridized carbons (Fsp3) is 0.615. The van der Waals surface area contributed by atoms with Crippen LogP contribution in [0.3, 0.4) is 0 Å². The van der Waals surface area contributed by atoms with E-state index in [2.05, 4.69) is 16.5 Å². The standard InChI is InChI=1S/C13H20N4O2/c1-8(2)5-10(13(18)19)7-15-12-11(6-14)9(3)16-17(12)4/h8,10,15H,5,7H2,1-4H3,(H,18,19). The summed E-state index contributed by atoms with van der Waals surface area (Å²) in [6, 6.07) is 2.09. The zero-order valence-corrected chi connectivity index (χ0v) is 11.8. The third kappa shape index (κ3) is 3.71. The van der Waals surface area contributed by atoms with Crippen molar-refractivity contribution in [2.75, 3.05) is 11.9 Å². The van der Waals surface area contributed by atoms with Gasteiger partial charge in [-0.05, 0) is 19.3 Å². The van der Waals surface area contributed by atoms with Crippen LogP contribution in [0.25, 0.3) is 0 Å². The summed E-state index contributed by atoms with van der Waals surface area (Å²) < 4.78 is 1.57. The second-order valence-electron chi connectivity index (χ2n) is 5.09. The monoisotopic (exact) mass is 264 g/mol. The molecule has 1 aromatic rings. The summed E-state index contributed by atoms with van der Waals surface area (Å²) in [5.41, 5.74) is 1.11. The third-order valence-corrected chi connectivity index (χ3v) is 2.96. The predicted molar refractivity (Wildman–Crippen MR) is 71.7 cm³/mol. The van der Waals surface area contributed by atoms with E-state index in [1.165, 1.54) is 0 Å². The number of hydrogen-bond acceptors (Lipinski definition) is 4. The number of nitrogens with zero attached hydrogens (tertiary/aromatic N) is 3. The smallest absolute Gasteiger partial charge is 0.308 e. The van der Waals surface area contributed by atoms with Crippen LogP contribution in [0.5, 0.6) is 0 Å². The van der Waals surface area contributed by atoms with Crippen molar-refractivity contribution < 1.29 is 9.90 Å². The summed E-state index contributed by atoms with van der Waals surface area (Å²) in [5, 5.41) is 25.4. The molecule has 1 heterocycles. The summed E-state index contributed by atoms with van der Waals surface area (Å²) in [5.74, 6) is -0.401. The second kappa shape index (κ2) is 6.23. The molecule has 1 atom stereocenters. The molecular formula is C13H20N4O2. The van der Waals surface area contributed by atoms with Crippen molar-refractivity contribution in [2.45, 2.75) is 27.2 Å². The van der Waals surface area contributed by atoms with Crippen LogP contribution in [0.2, 0.25) is 0 Å². The molecule has 0 fully saturated rings. The molecule has 0 spiro atoms. The van der Waals surface area contributed by atoms with E-state index in [-0.39, 0.29) is 0 Å². The summed E-state index contributed by atoms with van der Waals surface area (Å²) in [6.07, 6.45) is 0.598. The number of aliphatic carboxylic acids is 1. The van der Waals surface area contributed by atoms with Crippen LogP contribution >= 0.6 is 0 Å². The largest absolute Gasteiger partial charge is 0.481 e. The SMILES string of the molecule is Cc1nn(C)c(NCC(CC(C)C)C(=O)O)c1C#N. The maximum Gasteiger partial charge on any atom is 0.308 e. The second-order valence-corrected chi connectivity index (χ2v) is 5.09. The van der Waals surface area contributed by atoms with Crippen LogP contribution in [0.1, 0.15) is 31.5 Å². The first kappa shape index (κ1) is 15.0. The number of carboxylic acid groups (broad SMARTS) is 1. The maximum atomic E-state index is 11.2. The average molecular weight is 264 g/mol. The van der Waals surface area contributed by atoms with Gasteiger partial charge in [-0.3, -0.25) is 9.48 Å². The van der Waals surface area contributed by atoms with Crippen LogP contribution < -0.4 is 5.32 Å². The Hall–Kier alpha value is -2.03. The molecule has 2 N–H and O–H groups in total. The fourth-order valence-corrected chi connectivity index (χ4v) is 2.06. The van der Waals surface area contributed by atoms with Gasteiger partial charge in [-0.1, -0.05) is 13.8 Å². The van der Waals surface area contributed by atoms with E-state index >= 15 is 0 Å². The lowest BCUT2D eigenvalue weighted by molar-refractivity contribution is -0.141. The van der Waals surface area contributed by atoms with Crippen molar-refractivity contribution in [1.82, 2.24) is 9.78 Å². The molecule has 0 saturated heterocycles. The van der Waals surface area contributed by atoms with Gasteiger partial charge in [-0.25, -0.2) is 0 Å². The Bertz CT molecular complexity index is 499. The molecule has 0 aliphatic rings. The van der Waals surface area contributed by atoms with E-state index < -0.39 is 11.9 Å². The highest BCUT2D eigenvalue weighted by Crippen LogP contribution is 2.19. The average Bonchev–Trinajstić information content (AvgIpc) is 2.57.